The van der Waals surface area contributed by atoms with Crippen molar-refractivity contribution in [1.82, 2.24) is 0 Å². The van der Waals surface area contributed by atoms with Crippen molar-refractivity contribution in [2.75, 3.05) is 26.4 Å². The maximum Gasteiger partial charge on any atom is 0.0850 e. The van der Waals surface area contributed by atoms with E-state index in [9.17, 15) is 0 Å². The van der Waals surface area contributed by atoms with Crippen LogP contribution < -0.4 is 0 Å². The maximum absolute atomic E-state index is 5.57. The first-order valence-corrected chi connectivity index (χ1v) is 9.28. The number of benzene rings is 1. The van der Waals surface area contributed by atoms with Crippen molar-refractivity contribution >= 4 is 0 Å². The van der Waals surface area contributed by atoms with Crippen LogP contribution in [0.3, 0.4) is 0 Å². The van der Waals surface area contributed by atoms with Crippen LogP contribution in [0.1, 0.15) is 33.4 Å². The fourth-order valence-corrected chi connectivity index (χ4v) is 4.04. The van der Waals surface area contributed by atoms with Gasteiger partial charge in [-0.2, -0.15) is 0 Å². The Morgan fingerprint density at radius 1 is 0.542 bits per heavy atom. The zero-order valence-corrected chi connectivity index (χ0v) is 14.6. The summed E-state index contributed by atoms with van der Waals surface area (Å²) in [7, 11) is 0. The molecule has 0 aliphatic carbocycles. The first kappa shape index (κ1) is 15.3. The van der Waals surface area contributed by atoms with E-state index in [2.05, 4.69) is 13.8 Å². The lowest BCUT2D eigenvalue weighted by Gasteiger charge is -2.23. The predicted molar refractivity (Wildman–Crippen MR) is 89.7 cm³/mol. The fourth-order valence-electron chi connectivity index (χ4n) is 4.04. The molecule has 0 aromatic heterocycles. The van der Waals surface area contributed by atoms with Crippen LogP contribution in [0.5, 0.6) is 0 Å². The molecule has 0 spiro atoms. The topological polar surface area (TPSA) is 50.1 Å². The second-order valence-electron chi connectivity index (χ2n) is 7.80. The molecule has 1 aromatic rings. The Hall–Kier alpha value is -0.940. The number of hydrogen-bond acceptors (Lipinski definition) is 4. The number of epoxide rings is 4. The van der Waals surface area contributed by atoms with Crippen LogP contribution in [-0.2, 0) is 44.6 Å². The van der Waals surface area contributed by atoms with Gasteiger partial charge < -0.3 is 18.9 Å². The third-order valence-corrected chi connectivity index (χ3v) is 5.88. The van der Waals surface area contributed by atoms with Gasteiger partial charge in [-0.1, -0.05) is 0 Å². The summed E-state index contributed by atoms with van der Waals surface area (Å²) in [6.45, 7) is 8.25. The highest BCUT2D eigenvalue weighted by Gasteiger charge is 2.34. The van der Waals surface area contributed by atoms with Gasteiger partial charge in [0.1, 0.15) is 0 Å². The van der Waals surface area contributed by atoms with E-state index in [4.69, 9.17) is 18.9 Å². The van der Waals surface area contributed by atoms with E-state index < -0.39 is 0 Å². The molecular formula is C20H26O4. The van der Waals surface area contributed by atoms with Gasteiger partial charge in [0.25, 0.3) is 0 Å². The van der Waals surface area contributed by atoms with Crippen LogP contribution in [0.4, 0.5) is 0 Å². The van der Waals surface area contributed by atoms with Crippen LogP contribution in [-0.4, -0.2) is 50.8 Å². The fraction of sp³-hybridized carbons (Fsp3) is 0.700. The zero-order chi connectivity index (χ0) is 16.3. The first-order valence-electron chi connectivity index (χ1n) is 9.28. The molecule has 4 heterocycles. The standard InChI is InChI=1S/C20H26O4/c1-11-17(3-13-7-21-13)12(2)19(5-15-9-23-15)20(6-16-10-24-16)18(11)4-14-8-22-14/h13-16H,3-10H2,1-2H3. The highest BCUT2D eigenvalue weighted by atomic mass is 16.6. The van der Waals surface area contributed by atoms with E-state index in [1.807, 2.05) is 0 Å². The van der Waals surface area contributed by atoms with Crippen molar-refractivity contribution in [2.24, 2.45) is 0 Å². The van der Waals surface area contributed by atoms with Gasteiger partial charge >= 0.3 is 0 Å². The van der Waals surface area contributed by atoms with Gasteiger partial charge in [0.2, 0.25) is 0 Å². The van der Waals surface area contributed by atoms with Gasteiger partial charge in [0.05, 0.1) is 50.8 Å². The van der Waals surface area contributed by atoms with Gasteiger partial charge in [0, 0.05) is 25.7 Å². The summed E-state index contributed by atoms with van der Waals surface area (Å²) in [5.41, 5.74) is 9.00. The summed E-state index contributed by atoms with van der Waals surface area (Å²) >= 11 is 0. The van der Waals surface area contributed by atoms with Crippen molar-refractivity contribution in [2.45, 2.75) is 63.9 Å². The maximum atomic E-state index is 5.57. The first-order chi connectivity index (χ1) is 11.7. The monoisotopic (exact) mass is 330 g/mol. The molecule has 0 saturated carbocycles. The molecule has 4 unspecified atom stereocenters. The highest BCUT2D eigenvalue weighted by molar-refractivity contribution is 5.53. The molecule has 4 fully saturated rings. The van der Waals surface area contributed by atoms with E-state index in [0.29, 0.717) is 24.4 Å². The van der Waals surface area contributed by atoms with E-state index in [1.54, 1.807) is 0 Å². The summed E-state index contributed by atoms with van der Waals surface area (Å²) < 4.78 is 22.2. The smallest absolute Gasteiger partial charge is 0.0850 e. The van der Waals surface area contributed by atoms with E-state index in [-0.39, 0.29) is 0 Å². The minimum absolute atomic E-state index is 0.416. The molecule has 4 heteroatoms. The number of rotatable bonds is 8. The zero-order valence-electron chi connectivity index (χ0n) is 14.6. The van der Waals surface area contributed by atoms with Crippen LogP contribution in [0.2, 0.25) is 0 Å². The Bertz CT molecular complexity index is 611. The second kappa shape index (κ2) is 5.80. The Kier molecular flexibility index (Phi) is 3.71. The Morgan fingerprint density at radius 2 is 0.833 bits per heavy atom. The van der Waals surface area contributed by atoms with Gasteiger partial charge in [-0.25, -0.2) is 0 Å². The largest absolute Gasteiger partial charge is 0.373 e. The Labute approximate surface area is 143 Å². The molecule has 1 aromatic carbocycles. The summed E-state index contributed by atoms with van der Waals surface area (Å²) in [6.07, 6.45) is 5.87. The quantitative estimate of drug-likeness (QED) is 0.685. The SMILES string of the molecule is Cc1c(CC2CO2)c(C)c(CC2CO2)c(CC2CO2)c1CC1CO1. The number of ether oxygens (including phenoxy) is 4. The molecule has 0 bridgehead atoms. The highest BCUT2D eigenvalue weighted by Crippen LogP contribution is 2.36. The minimum atomic E-state index is 0.416. The average Bonchev–Trinajstić information content (AvgIpc) is 3.42. The van der Waals surface area contributed by atoms with Gasteiger partial charge in [-0.3, -0.25) is 0 Å². The van der Waals surface area contributed by atoms with Crippen molar-refractivity contribution < 1.29 is 18.9 Å². The lowest BCUT2D eigenvalue weighted by molar-refractivity contribution is 0.396. The van der Waals surface area contributed by atoms with Crippen molar-refractivity contribution in [3.63, 3.8) is 0 Å². The van der Waals surface area contributed by atoms with Gasteiger partial charge in [-0.05, 0) is 47.2 Å². The average molecular weight is 330 g/mol. The van der Waals surface area contributed by atoms with E-state index in [0.717, 1.165) is 52.1 Å². The summed E-state index contributed by atoms with van der Waals surface area (Å²) in [6, 6.07) is 0. The molecule has 0 N–H and O–H groups in total. The predicted octanol–water partition coefficient (Wildman–Crippen LogP) is 2.07. The van der Waals surface area contributed by atoms with Crippen LogP contribution in [0, 0.1) is 13.8 Å². The number of hydrogen-bond donors (Lipinski definition) is 0. The molecule has 4 atom stereocenters. The Balaban J connectivity index is 1.59. The van der Waals surface area contributed by atoms with Crippen molar-refractivity contribution in [3.8, 4) is 0 Å². The lowest BCUT2D eigenvalue weighted by Crippen LogP contribution is -2.16. The summed E-state index contributed by atoms with van der Waals surface area (Å²) in [5.74, 6) is 0. The molecular weight excluding hydrogens is 304 g/mol. The van der Waals surface area contributed by atoms with Crippen molar-refractivity contribution in [3.05, 3.63) is 33.4 Å². The van der Waals surface area contributed by atoms with Crippen LogP contribution in [0.25, 0.3) is 0 Å². The van der Waals surface area contributed by atoms with E-state index in [1.165, 1.54) is 33.4 Å². The molecule has 4 saturated heterocycles. The lowest BCUT2D eigenvalue weighted by atomic mass is 9.81. The molecule has 0 radical (unpaired) electrons. The Morgan fingerprint density at radius 3 is 1.17 bits per heavy atom. The minimum Gasteiger partial charge on any atom is -0.373 e. The molecule has 0 amide bonds. The van der Waals surface area contributed by atoms with E-state index >= 15 is 0 Å². The van der Waals surface area contributed by atoms with Crippen LogP contribution >= 0.6 is 0 Å². The second-order valence-corrected chi connectivity index (χ2v) is 7.80. The summed E-state index contributed by atoms with van der Waals surface area (Å²) in [4.78, 5) is 0. The third-order valence-electron chi connectivity index (χ3n) is 5.88. The van der Waals surface area contributed by atoms with Crippen LogP contribution in [0.15, 0.2) is 0 Å². The molecule has 5 rings (SSSR count). The molecule has 24 heavy (non-hydrogen) atoms. The normalized spacial score (nSPS) is 32.8. The van der Waals surface area contributed by atoms with Crippen molar-refractivity contribution in [1.29, 1.82) is 0 Å². The molecule has 130 valence electrons. The molecule has 4 aliphatic heterocycles. The van der Waals surface area contributed by atoms with Gasteiger partial charge in [-0.15, -0.1) is 0 Å². The summed E-state index contributed by atoms with van der Waals surface area (Å²) in [5, 5.41) is 0. The molecule has 4 aliphatic rings. The molecule has 4 nitrogen and oxygen atoms in total. The third kappa shape index (κ3) is 3.25. The van der Waals surface area contributed by atoms with Gasteiger partial charge in [0.15, 0.2) is 0 Å².